The number of nitrogens with one attached hydrogen (secondary N) is 1. The first-order valence-corrected chi connectivity index (χ1v) is 8.28. The quantitative estimate of drug-likeness (QED) is 0.751. The zero-order valence-electron chi connectivity index (χ0n) is 14.1. The Kier molecular flexibility index (Phi) is 5.18. The number of nitrogens with zero attached hydrogens (tertiary/aromatic N) is 3. The zero-order chi connectivity index (χ0) is 17.6. The number of carbonyl (C=O) groups excluding carboxylic acids is 2. The number of hydrogen-bond acceptors (Lipinski definition) is 4. The molecule has 0 saturated carbocycles. The van der Waals surface area contributed by atoms with Crippen molar-refractivity contribution >= 4 is 22.7 Å². The van der Waals surface area contributed by atoms with E-state index < -0.39 is 0 Å². The second kappa shape index (κ2) is 7.70. The SMILES string of the molecule is Cc1ccc2c(cnn2C(=O)CCCC(=O)NCc2ccccn2)c1. The molecule has 1 amide bonds. The fourth-order valence-electron chi connectivity index (χ4n) is 2.64. The third kappa shape index (κ3) is 4.29. The van der Waals surface area contributed by atoms with Crippen LogP contribution in [0.2, 0.25) is 0 Å². The summed E-state index contributed by atoms with van der Waals surface area (Å²) >= 11 is 0. The van der Waals surface area contributed by atoms with E-state index in [9.17, 15) is 9.59 Å². The maximum absolute atomic E-state index is 12.3. The highest BCUT2D eigenvalue weighted by Gasteiger charge is 2.11. The van der Waals surface area contributed by atoms with E-state index in [0.717, 1.165) is 22.2 Å². The molecule has 25 heavy (non-hydrogen) atoms. The number of fused-ring (bicyclic) bond motifs is 1. The summed E-state index contributed by atoms with van der Waals surface area (Å²) in [6.45, 7) is 2.40. The van der Waals surface area contributed by atoms with Gasteiger partial charge >= 0.3 is 0 Å². The molecule has 6 heteroatoms. The fraction of sp³-hybridized carbons (Fsp3) is 0.263. The van der Waals surface area contributed by atoms with E-state index >= 15 is 0 Å². The summed E-state index contributed by atoms with van der Waals surface area (Å²) in [5, 5.41) is 7.92. The van der Waals surface area contributed by atoms with Gasteiger partial charge in [-0.2, -0.15) is 5.10 Å². The summed E-state index contributed by atoms with van der Waals surface area (Å²) in [6.07, 6.45) is 4.45. The van der Waals surface area contributed by atoms with Crippen molar-refractivity contribution < 1.29 is 9.59 Å². The lowest BCUT2D eigenvalue weighted by Crippen LogP contribution is -2.23. The van der Waals surface area contributed by atoms with Crippen molar-refractivity contribution in [3.63, 3.8) is 0 Å². The third-order valence-electron chi connectivity index (χ3n) is 3.95. The van der Waals surface area contributed by atoms with E-state index in [1.54, 1.807) is 12.4 Å². The first kappa shape index (κ1) is 16.8. The van der Waals surface area contributed by atoms with Gasteiger partial charge in [-0.3, -0.25) is 14.6 Å². The second-order valence-electron chi connectivity index (χ2n) is 5.96. The largest absolute Gasteiger partial charge is 0.350 e. The number of amides is 1. The van der Waals surface area contributed by atoms with Crippen LogP contribution in [0.15, 0.2) is 48.8 Å². The molecule has 0 saturated heterocycles. The van der Waals surface area contributed by atoms with E-state index in [-0.39, 0.29) is 18.2 Å². The summed E-state index contributed by atoms with van der Waals surface area (Å²) in [6, 6.07) is 11.4. The molecule has 0 spiro atoms. The molecule has 128 valence electrons. The van der Waals surface area contributed by atoms with Crippen LogP contribution < -0.4 is 5.32 Å². The minimum absolute atomic E-state index is 0.0839. The Morgan fingerprint density at radius 2 is 2.04 bits per heavy atom. The molecular weight excluding hydrogens is 316 g/mol. The molecule has 1 N–H and O–H groups in total. The first-order valence-electron chi connectivity index (χ1n) is 8.28. The number of aromatic nitrogens is 3. The van der Waals surface area contributed by atoms with Crippen LogP contribution in [0, 0.1) is 6.92 Å². The maximum atomic E-state index is 12.3. The van der Waals surface area contributed by atoms with Crippen molar-refractivity contribution in [2.75, 3.05) is 0 Å². The Bertz CT molecular complexity index is 887. The molecule has 3 aromatic rings. The number of hydrogen-bond donors (Lipinski definition) is 1. The monoisotopic (exact) mass is 336 g/mol. The summed E-state index contributed by atoms with van der Waals surface area (Å²) in [5.41, 5.74) is 2.74. The van der Waals surface area contributed by atoms with Crippen LogP contribution >= 0.6 is 0 Å². The van der Waals surface area contributed by atoms with Gasteiger partial charge in [0.25, 0.3) is 0 Å². The molecule has 0 aliphatic carbocycles. The van der Waals surface area contributed by atoms with Gasteiger partial charge in [-0.1, -0.05) is 17.7 Å². The number of aryl methyl sites for hydroxylation is 1. The Balaban J connectivity index is 1.48. The molecule has 0 atom stereocenters. The van der Waals surface area contributed by atoms with Crippen LogP contribution in [-0.4, -0.2) is 26.6 Å². The van der Waals surface area contributed by atoms with Gasteiger partial charge in [0.1, 0.15) is 0 Å². The topological polar surface area (TPSA) is 76.9 Å². The lowest BCUT2D eigenvalue weighted by molar-refractivity contribution is -0.121. The molecule has 6 nitrogen and oxygen atoms in total. The van der Waals surface area contributed by atoms with E-state index in [2.05, 4.69) is 15.4 Å². The van der Waals surface area contributed by atoms with E-state index in [0.29, 0.717) is 19.4 Å². The summed E-state index contributed by atoms with van der Waals surface area (Å²) < 4.78 is 1.42. The lowest BCUT2D eigenvalue weighted by Gasteiger charge is -2.05. The summed E-state index contributed by atoms with van der Waals surface area (Å²) in [7, 11) is 0. The Morgan fingerprint density at radius 3 is 2.84 bits per heavy atom. The molecule has 2 aromatic heterocycles. The average Bonchev–Trinajstić information content (AvgIpc) is 3.04. The maximum Gasteiger partial charge on any atom is 0.247 e. The number of rotatable bonds is 6. The lowest BCUT2D eigenvalue weighted by atomic mass is 10.2. The van der Waals surface area contributed by atoms with Gasteiger partial charge in [0.05, 0.1) is 24.0 Å². The number of pyridine rings is 1. The van der Waals surface area contributed by atoms with Gasteiger partial charge < -0.3 is 5.32 Å². The minimum atomic E-state index is -0.101. The van der Waals surface area contributed by atoms with Crippen LogP contribution in [0.25, 0.3) is 10.9 Å². The Hall–Kier alpha value is -3.02. The molecule has 0 fully saturated rings. The van der Waals surface area contributed by atoms with Gasteiger partial charge in [0, 0.05) is 24.4 Å². The van der Waals surface area contributed by atoms with Crippen molar-refractivity contribution in [3.8, 4) is 0 Å². The smallest absolute Gasteiger partial charge is 0.247 e. The van der Waals surface area contributed by atoms with Crippen molar-refractivity contribution in [3.05, 3.63) is 60.0 Å². The standard InChI is InChI=1S/C19H20N4O2/c1-14-8-9-17-15(11-14)12-22-23(17)19(25)7-4-6-18(24)21-13-16-5-2-3-10-20-16/h2-3,5,8-12H,4,6-7,13H2,1H3,(H,21,24). The molecule has 0 unspecified atom stereocenters. The van der Waals surface area contributed by atoms with Gasteiger partial charge in [0.2, 0.25) is 11.8 Å². The highest BCUT2D eigenvalue weighted by atomic mass is 16.2. The van der Waals surface area contributed by atoms with E-state index in [1.165, 1.54) is 4.68 Å². The van der Waals surface area contributed by atoms with Crippen LogP contribution in [-0.2, 0) is 11.3 Å². The molecule has 0 aliphatic heterocycles. The molecular formula is C19H20N4O2. The van der Waals surface area contributed by atoms with Gasteiger partial charge in [0.15, 0.2) is 0 Å². The minimum Gasteiger partial charge on any atom is -0.350 e. The highest BCUT2D eigenvalue weighted by Crippen LogP contribution is 2.16. The molecule has 3 rings (SSSR count). The van der Waals surface area contributed by atoms with Crippen molar-refractivity contribution in [1.29, 1.82) is 0 Å². The van der Waals surface area contributed by atoms with Crippen molar-refractivity contribution in [2.45, 2.75) is 32.7 Å². The fourth-order valence-corrected chi connectivity index (χ4v) is 2.64. The van der Waals surface area contributed by atoms with Crippen molar-refractivity contribution in [2.24, 2.45) is 0 Å². The van der Waals surface area contributed by atoms with Gasteiger partial charge in [-0.05, 0) is 37.6 Å². The normalized spacial score (nSPS) is 10.8. The first-order chi connectivity index (χ1) is 12.1. The van der Waals surface area contributed by atoms with E-state index in [4.69, 9.17) is 0 Å². The number of carbonyl (C=O) groups is 2. The molecule has 0 bridgehead atoms. The number of benzene rings is 1. The van der Waals surface area contributed by atoms with Crippen molar-refractivity contribution in [1.82, 2.24) is 20.1 Å². The third-order valence-corrected chi connectivity index (χ3v) is 3.95. The van der Waals surface area contributed by atoms with Gasteiger partial charge in [-0.15, -0.1) is 0 Å². The predicted molar refractivity (Wildman–Crippen MR) is 95.0 cm³/mol. The van der Waals surface area contributed by atoms with Gasteiger partial charge in [-0.25, -0.2) is 4.68 Å². The second-order valence-corrected chi connectivity index (χ2v) is 5.96. The zero-order valence-corrected chi connectivity index (χ0v) is 14.1. The molecule has 0 radical (unpaired) electrons. The summed E-state index contributed by atoms with van der Waals surface area (Å²) in [5.74, 6) is -0.184. The average molecular weight is 336 g/mol. The van der Waals surface area contributed by atoms with Crippen LogP contribution in [0.4, 0.5) is 0 Å². The molecule has 2 heterocycles. The highest BCUT2D eigenvalue weighted by molar-refractivity contribution is 5.91. The summed E-state index contributed by atoms with van der Waals surface area (Å²) in [4.78, 5) is 28.3. The molecule has 0 aliphatic rings. The predicted octanol–water partition coefficient (Wildman–Crippen LogP) is 2.87. The van der Waals surface area contributed by atoms with Crippen LogP contribution in [0.1, 0.15) is 35.3 Å². The molecule has 1 aromatic carbocycles. The Morgan fingerprint density at radius 1 is 1.16 bits per heavy atom. The van der Waals surface area contributed by atoms with Crippen LogP contribution in [0.3, 0.4) is 0 Å². The Labute approximate surface area is 145 Å². The van der Waals surface area contributed by atoms with Crippen LogP contribution in [0.5, 0.6) is 0 Å². The van der Waals surface area contributed by atoms with E-state index in [1.807, 2.05) is 43.3 Å².